The monoisotopic (exact) mass is 184 g/mol. The molecule has 1 rings (SSSR count). The van der Waals surface area contributed by atoms with Crippen molar-refractivity contribution in [1.82, 2.24) is 9.80 Å². The van der Waals surface area contributed by atoms with Crippen molar-refractivity contribution < 1.29 is 4.79 Å². The highest BCUT2D eigenvalue weighted by atomic mass is 16.1. The van der Waals surface area contributed by atoms with Gasteiger partial charge in [-0.2, -0.15) is 0 Å². The van der Waals surface area contributed by atoms with E-state index in [0.29, 0.717) is 18.6 Å². The average Bonchev–Trinajstić information content (AvgIpc) is 2.08. The predicted octanol–water partition coefficient (Wildman–Crippen LogP) is 0.600. The Morgan fingerprint density at radius 1 is 1.46 bits per heavy atom. The van der Waals surface area contributed by atoms with E-state index in [1.165, 1.54) is 0 Å². The van der Waals surface area contributed by atoms with Gasteiger partial charge in [0.2, 0.25) is 0 Å². The van der Waals surface area contributed by atoms with Crippen LogP contribution in [0.5, 0.6) is 0 Å². The molecule has 0 amide bonds. The van der Waals surface area contributed by atoms with E-state index in [1.54, 1.807) is 0 Å². The summed E-state index contributed by atoms with van der Waals surface area (Å²) in [7, 11) is 0. The second-order valence-corrected chi connectivity index (χ2v) is 4.10. The molecule has 1 saturated heterocycles. The van der Waals surface area contributed by atoms with E-state index in [9.17, 15) is 4.79 Å². The van der Waals surface area contributed by atoms with E-state index < -0.39 is 0 Å². The first kappa shape index (κ1) is 10.7. The molecule has 3 nitrogen and oxygen atoms in total. The fraction of sp³-hybridized carbons (Fsp3) is 0.900. The lowest BCUT2D eigenvalue weighted by molar-refractivity contribution is -0.110. The van der Waals surface area contributed by atoms with Gasteiger partial charge in [-0.3, -0.25) is 9.80 Å². The SMILES string of the molecule is CC(C)N1CCN(CC=O)C(C)C1. The lowest BCUT2D eigenvalue weighted by Gasteiger charge is -2.40. The van der Waals surface area contributed by atoms with Gasteiger partial charge < -0.3 is 4.79 Å². The number of hydrogen-bond donors (Lipinski definition) is 0. The highest BCUT2D eigenvalue weighted by Gasteiger charge is 2.24. The summed E-state index contributed by atoms with van der Waals surface area (Å²) < 4.78 is 0. The first-order valence-corrected chi connectivity index (χ1v) is 5.07. The van der Waals surface area contributed by atoms with Crippen molar-refractivity contribution in [2.75, 3.05) is 26.2 Å². The van der Waals surface area contributed by atoms with Crippen molar-refractivity contribution in [2.24, 2.45) is 0 Å². The summed E-state index contributed by atoms with van der Waals surface area (Å²) in [6, 6.07) is 1.14. The molecule has 3 heteroatoms. The van der Waals surface area contributed by atoms with Gasteiger partial charge in [0.25, 0.3) is 0 Å². The molecule has 0 bridgehead atoms. The molecule has 0 spiro atoms. The lowest BCUT2D eigenvalue weighted by atomic mass is 10.1. The summed E-state index contributed by atoms with van der Waals surface area (Å²) in [5.41, 5.74) is 0. The quantitative estimate of drug-likeness (QED) is 0.600. The van der Waals surface area contributed by atoms with Gasteiger partial charge in [-0.15, -0.1) is 0 Å². The topological polar surface area (TPSA) is 23.6 Å². The molecule has 1 fully saturated rings. The van der Waals surface area contributed by atoms with Gasteiger partial charge in [0.05, 0.1) is 6.54 Å². The van der Waals surface area contributed by atoms with Crippen LogP contribution in [-0.2, 0) is 4.79 Å². The third-order valence-electron chi connectivity index (χ3n) is 2.84. The molecule has 1 atom stereocenters. The van der Waals surface area contributed by atoms with Crippen LogP contribution in [0.25, 0.3) is 0 Å². The summed E-state index contributed by atoms with van der Waals surface area (Å²) in [6.07, 6.45) is 1.00. The number of piperazine rings is 1. The van der Waals surface area contributed by atoms with Crippen molar-refractivity contribution in [2.45, 2.75) is 32.9 Å². The minimum atomic E-state index is 0.515. The molecule has 0 N–H and O–H groups in total. The predicted molar refractivity (Wildman–Crippen MR) is 53.8 cm³/mol. The molecule has 1 aliphatic rings. The van der Waals surface area contributed by atoms with Crippen molar-refractivity contribution in [3.05, 3.63) is 0 Å². The van der Waals surface area contributed by atoms with Crippen LogP contribution in [0.4, 0.5) is 0 Å². The maximum absolute atomic E-state index is 10.4. The summed E-state index contributed by atoms with van der Waals surface area (Å²) in [5, 5.41) is 0. The normalized spacial score (nSPS) is 26.6. The van der Waals surface area contributed by atoms with Crippen molar-refractivity contribution in [3.8, 4) is 0 Å². The van der Waals surface area contributed by atoms with E-state index in [4.69, 9.17) is 0 Å². The molecule has 0 aromatic rings. The number of carbonyl (C=O) groups excluding carboxylic acids is 1. The average molecular weight is 184 g/mol. The molecule has 0 radical (unpaired) electrons. The molecule has 76 valence electrons. The number of rotatable bonds is 3. The molecule has 0 aromatic heterocycles. The molecular formula is C10H20N2O. The van der Waals surface area contributed by atoms with Gasteiger partial charge in [-0.25, -0.2) is 0 Å². The van der Waals surface area contributed by atoms with E-state index in [-0.39, 0.29) is 0 Å². The highest BCUT2D eigenvalue weighted by Crippen LogP contribution is 2.10. The number of hydrogen-bond acceptors (Lipinski definition) is 3. The standard InChI is InChI=1S/C10H20N2O/c1-9(2)12-5-4-11(6-7-13)10(3)8-12/h7,9-10H,4-6,8H2,1-3H3. The van der Waals surface area contributed by atoms with E-state index >= 15 is 0 Å². The second-order valence-electron chi connectivity index (χ2n) is 4.10. The van der Waals surface area contributed by atoms with Gasteiger partial charge in [-0.1, -0.05) is 0 Å². The van der Waals surface area contributed by atoms with Crippen LogP contribution in [0.3, 0.4) is 0 Å². The van der Waals surface area contributed by atoms with Crippen LogP contribution in [0, 0.1) is 0 Å². The number of aldehydes is 1. The third-order valence-corrected chi connectivity index (χ3v) is 2.84. The summed E-state index contributed by atoms with van der Waals surface area (Å²) in [4.78, 5) is 15.1. The Balaban J connectivity index is 2.41. The summed E-state index contributed by atoms with van der Waals surface area (Å²) in [5.74, 6) is 0. The van der Waals surface area contributed by atoms with E-state index in [1.807, 2.05) is 0 Å². The van der Waals surface area contributed by atoms with Gasteiger partial charge in [0, 0.05) is 31.7 Å². The molecule has 1 unspecified atom stereocenters. The van der Waals surface area contributed by atoms with E-state index in [0.717, 1.165) is 25.9 Å². The Morgan fingerprint density at radius 3 is 2.62 bits per heavy atom. The second kappa shape index (κ2) is 4.72. The number of nitrogens with zero attached hydrogens (tertiary/aromatic N) is 2. The molecular weight excluding hydrogens is 164 g/mol. The molecule has 0 aliphatic carbocycles. The van der Waals surface area contributed by atoms with Crippen LogP contribution < -0.4 is 0 Å². The summed E-state index contributed by atoms with van der Waals surface area (Å²) >= 11 is 0. The van der Waals surface area contributed by atoms with Crippen molar-refractivity contribution in [1.29, 1.82) is 0 Å². The molecule has 13 heavy (non-hydrogen) atoms. The van der Waals surface area contributed by atoms with Gasteiger partial charge >= 0.3 is 0 Å². The van der Waals surface area contributed by atoms with Gasteiger partial charge in [0.15, 0.2) is 0 Å². The maximum Gasteiger partial charge on any atom is 0.133 e. The Hall–Kier alpha value is -0.410. The van der Waals surface area contributed by atoms with Crippen molar-refractivity contribution in [3.63, 3.8) is 0 Å². The van der Waals surface area contributed by atoms with Gasteiger partial charge in [-0.05, 0) is 20.8 Å². The maximum atomic E-state index is 10.4. The zero-order valence-electron chi connectivity index (χ0n) is 8.86. The summed E-state index contributed by atoms with van der Waals surface area (Å²) in [6.45, 7) is 10.4. The fourth-order valence-corrected chi connectivity index (χ4v) is 1.86. The first-order valence-electron chi connectivity index (χ1n) is 5.07. The fourth-order valence-electron chi connectivity index (χ4n) is 1.86. The Labute approximate surface area is 80.7 Å². The minimum absolute atomic E-state index is 0.515. The van der Waals surface area contributed by atoms with Crippen molar-refractivity contribution >= 4 is 6.29 Å². The molecule has 0 saturated carbocycles. The van der Waals surface area contributed by atoms with E-state index in [2.05, 4.69) is 30.6 Å². The lowest BCUT2D eigenvalue weighted by Crippen LogP contribution is -2.54. The zero-order chi connectivity index (χ0) is 9.84. The van der Waals surface area contributed by atoms with Crippen LogP contribution in [0.1, 0.15) is 20.8 Å². The Morgan fingerprint density at radius 2 is 2.15 bits per heavy atom. The van der Waals surface area contributed by atoms with Gasteiger partial charge in [0.1, 0.15) is 6.29 Å². The smallest absolute Gasteiger partial charge is 0.133 e. The van der Waals surface area contributed by atoms with Crippen LogP contribution in [-0.4, -0.2) is 54.3 Å². The number of carbonyl (C=O) groups is 1. The molecule has 1 heterocycles. The Bertz CT molecular complexity index is 170. The Kier molecular flexibility index (Phi) is 3.88. The molecule has 0 aromatic carbocycles. The third kappa shape index (κ3) is 2.78. The largest absolute Gasteiger partial charge is 0.302 e. The first-order chi connectivity index (χ1) is 6.15. The zero-order valence-corrected chi connectivity index (χ0v) is 8.86. The highest BCUT2D eigenvalue weighted by molar-refractivity contribution is 5.52. The van der Waals surface area contributed by atoms with Crippen LogP contribution in [0.2, 0.25) is 0 Å². The molecule has 1 aliphatic heterocycles. The van der Waals surface area contributed by atoms with Crippen LogP contribution in [0.15, 0.2) is 0 Å². The van der Waals surface area contributed by atoms with Crippen LogP contribution >= 0.6 is 0 Å². The minimum Gasteiger partial charge on any atom is -0.302 e.